The van der Waals surface area contributed by atoms with Crippen LogP contribution in [-0.4, -0.2) is 28.6 Å². The second-order valence-corrected chi connectivity index (χ2v) is 6.67. The van der Waals surface area contributed by atoms with E-state index in [1.807, 2.05) is 6.20 Å². The lowest BCUT2D eigenvalue weighted by atomic mass is 10.0. The van der Waals surface area contributed by atoms with Crippen molar-refractivity contribution in [2.45, 2.75) is 57.2 Å². The quantitative estimate of drug-likeness (QED) is 0.827. The summed E-state index contributed by atoms with van der Waals surface area (Å²) in [4.78, 5) is 4.62. The fourth-order valence-corrected chi connectivity index (χ4v) is 3.99. The van der Waals surface area contributed by atoms with Gasteiger partial charge in [-0.15, -0.1) is 0 Å². The fraction of sp³-hybridized carbons (Fsp3) is 0.688. The average Bonchev–Trinajstić information content (AvgIpc) is 2.98. The molecule has 0 bridgehead atoms. The Morgan fingerprint density at radius 1 is 1.42 bits per heavy atom. The molecule has 0 spiro atoms. The molecule has 19 heavy (non-hydrogen) atoms. The van der Waals surface area contributed by atoms with Crippen molar-refractivity contribution in [3.63, 3.8) is 0 Å². The van der Waals surface area contributed by atoms with Gasteiger partial charge in [-0.3, -0.25) is 4.98 Å². The Bertz CT molecular complexity index is 358. The van der Waals surface area contributed by atoms with Gasteiger partial charge in [0.25, 0.3) is 0 Å². The first-order valence-corrected chi connectivity index (χ1v) is 8.67. The molecule has 106 valence electrons. The van der Waals surface area contributed by atoms with Crippen molar-refractivity contribution < 1.29 is 0 Å². The Balaban J connectivity index is 1.96. The van der Waals surface area contributed by atoms with Crippen LogP contribution in [0.25, 0.3) is 0 Å². The molecule has 2 unspecified atom stereocenters. The second kappa shape index (κ2) is 7.91. The van der Waals surface area contributed by atoms with Crippen LogP contribution in [0.15, 0.2) is 18.3 Å². The van der Waals surface area contributed by atoms with Crippen molar-refractivity contribution in [3.8, 4) is 0 Å². The van der Waals surface area contributed by atoms with Crippen molar-refractivity contribution in [3.05, 3.63) is 29.6 Å². The minimum absolute atomic E-state index is 0.590. The Labute approximate surface area is 121 Å². The van der Waals surface area contributed by atoms with E-state index < -0.39 is 0 Å². The monoisotopic (exact) mass is 278 g/mol. The number of hydrogen-bond acceptors (Lipinski definition) is 3. The van der Waals surface area contributed by atoms with E-state index in [9.17, 15) is 0 Å². The zero-order valence-corrected chi connectivity index (χ0v) is 13.0. The number of hydrogen-bond donors (Lipinski definition) is 1. The normalized spacial score (nSPS) is 20.6. The first kappa shape index (κ1) is 14.9. The molecule has 1 saturated heterocycles. The second-order valence-electron chi connectivity index (χ2n) is 5.33. The summed E-state index contributed by atoms with van der Waals surface area (Å²) in [5, 5.41) is 4.50. The van der Waals surface area contributed by atoms with Crippen molar-refractivity contribution in [2.75, 3.05) is 12.3 Å². The van der Waals surface area contributed by atoms with Gasteiger partial charge in [0.1, 0.15) is 0 Å². The summed E-state index contributed by atoms with van der Waals surface area (Å²) in [6.45, 7) is 5.53. The molecule has 2 heterocycles. The Morgan fingerprint density at radius 2 is 2.32 bits per heavy atom. The third-order valence-electron chi connectivity index (χ3n) is 3.79. The number of pyridine rings is 1. The molecule has 1 aromatic rings. The molecule has 3 heteroatoms. The van der Waals surface area contributed by atoms with Gasteiger partial charge in [-0.1, -0.05) is 19.9 Å². The SMILES string of the molecule is CCCNC(Cc1ccc(CC)cn1)C1CCCS1. The van der Waals surface area contributed by atoms with Crippen LogP contribution in [0.3, 0.4) is 0 Å². The third kappa shape index (κ3) is 4.50. The standard InChI is InChI=1S/C16H26N2S/c1-3-9-17-15(16-6-5-10-19-16)11-14-8-7-13(4-2)12-18-14/h7-8,12,15-17H,3-6,9-11H2,1-2H3. The molecule has 0 amide bonds. The predicted molar refractivity (Wildman–Crippen MR) is 84.9 cm³/mol. The van der Waals surface area contributed by atoms with Gasteiger partial charge < -0.3 is 5.32 Å². The predicted octanol–water partition coefficient (Wildman–Crippen LogP) is 3.45. The van der Waals surface area contributed by atoms with Crippen molar-refractivity contribution in [1.29, 1.82) is 0 Å². The highest BCUT2D eigenvalue weighted by Gasteiger charge is 2.25. The zero-order valence-electron chi connectivity index (χ0n) is 12.2. The number of aryl methyl sites for hydroxylation is 1. The molecule has 2 atom stereocenters. The van der Waals surface area contributed by atoms with Gasteiger partial charge >= 0.3 is 0 Å². The van der Waals surface area contributed by atoms with E-state index in [1.54, 1.807) is 0 Å². The Hall–Kier alpha value is -0.540. The first-order valence-electron chi connectivity index (χ1n) is 7.62. The van der Waals surface area contributed by atoms with Gasteiger partial charge in [-0.05, 0) is 49.6 Å². The van der Waals surface area contributed by atoms with E-state index in [0.717, 1.165) is 24.6 Å². The Morgan fingerprint density at radius 3 is 2.89 bits per heavy atom. The third-order valence-corrected chi connectivity index (χ3v) is 5.31. The molecule has 0 radical (unpaired) electrons. The first-order chi connectivity index (χ1) is 9.33. The van der Waals surface area contributed by atoms with Crippen LogP contribution in [0.5, 0.6) is 0 Å². The number of nitrogens with zero attached hydrogens (tertiary/aromatic N) is 1. The molecule has 2 nitrogen and oxygen atoms in total. The van der Waals surface area contributed by atoms with Gasteiger partial charge in [0, 0.05) is 29.6 Å². The van der Waals surface area contributed by atoms with E-state index in [4.69, 9.17) is 0 Å². The van der Waals surface area contributed by atoms with E-state index in [0.29, 0.717) is 6.04 Å². The average molecular weight is 278 g/mol. The maximum absolute atomic E-state index is 4.62. The number of thioether (sulfide) groups is 1. The maximum Gasteiger partial charge on any atom is 0.0419 e. The van der Waals surface area contributed by atoms with Crippen molar-refractivity contribution in [2.24, 2.45) is 0 Å². The molecule has 0 aliphatic carbocycles. The molecule has 1 aliphatic heterocycles. The lowest BCUT2D eigenvalue weighted by Crippen LogP contribution is -2.39. The number of rotatable bonds is 7. The van der Waals surface area contributed by atoms with E-state index in [1.165, 1.54) is 36.3 Å². The molecule has 0 aromatic carbocycles. The van der Waals surface area contributed by atoms with Gasteiger partial charge in [-0.2, -0.15) is 11.8 Å². The molecule has 0 saturated carbocycles. The summed E-state index contributed by atoms with van der Waals surface area (Å²) in [6, 6.07) is 5.02. The maximum atomic E-state index is 4.62. The summed E-state index contributed by atoms with van der Waals surface area (Å²) in [5.74, 6) is 1.33. The van der Waals surface area contributed by atoms with Gasteiger partial charge in [0.2, 0.25) is 0 Å². The van der Waals surface area contributed by atoms with E-state index in [-0.39, 0.29) is 0 Å². The summed E-state index contributed by atoms with van der Waals surface area (Å²) in [5.41, 5.74) is 2.57. The topological polar surface area (TPSA) is 24.9 Å². The summed E-state index contributed by atoms with van der Waals surface area (Å²) >= 11 is 2.14. The van der Waals surface area contributed by atoms with Crippen LogP contribution >= 0.6 is 11.8 Å². The van der Waals surface area contributed by atoms with Crippen molar-refractivity contribution >= 4 is 11.8 Å². The highest BCUT2D eigenvalue weighted by molar-refractivity contribution is 8.00. The van der Waals surface area contributed by atoms with Crippen molar-refractivity contribution in [1.82, 2.24) is 10.3 Å². The van der Waals surface area contributed by atoms with Gasteiger partial charge in [-0.25, -0.2) is 0 Å². The number of nitrogens with one attached hydrogen (secondary N) is 1. The minimum Gasteiger partial charge on any atom is -0.312 e. The molecule has 2 rings (SSSR count). The van der Waals surface area contributed by atoms with Gasteiger partial charge in [0.05, 0.1) is 0 Å². The molecule has 1 fully saturated rings. The van der Waals surface area contributed by atoms with Crippen LogP contribution in [0, 0.1) is 0 Å². The largest absolute Gasteiger partial charge is 0.312 e. The summed E-state index contributed by atoms with van der Waals surface area (Å²) in [7, 11) is 0. The van der Waals surface area contributed by atoms with Crippen LogP contribution in [-0.2, 0) is 12.8 Å². The van der Waals surface area contributed by atoms with E-state index >= 15 is 0 Å². The molecule has 1 aromatic heterocycles. The molecular weight excluding hydrogens is 252 g/mol. The zero-order chi connectivity index (χ0) is 13.5. The molecular formula is C16H26N2S. The highest BCUT2D eigenvalue weighted by Crippen LogP contribution is 2.30. The highest BCUT2D eigenvalue weighted by atomic mass is 32.2. The lowest BCUT2D eigenvalue weighted by molar-refractivity contribution is 0.478. The lowest BCUT2D eigenvalue weighted by Gasteiger charge is -2.24. The fourth-order valence-electron chi connectivity index (χ4n) is 2.60. The Kier molecular flexibility index (Phi) is 6.18. The smallest absolute Gasteiger partial charge is 0.0419 e. The minimum atomic E-state index is 0.590. The summed E-state index contributed by atoms with van der Waals surface area (Å²) in [6.07, 6.45) is 8.12. The van der Waals surface area contributed by atoms with Crippen LogP contribution < -0.4 is 5.32 Å². The van der Waals surface area contributed by atoms with Crippen LogP contribution in [0.2, 0.25) is 0 Å². The summed E-state index contributed by atoms with van der Waals surface area (Å²) < 4.78 is 0. The molecule has 1 N–H and O–H groups in total. The van der Waals surface area contributed by atoms with E-state index in [2.05, 4.69) is 48.0 Å². The van der Waals surface area contributed by atoms with Gasteiger partial charge in [0.15, 0.2) is 0 Å². The number of aromatic nitrogens is 1. The van der Waals surface area contributed by atoms with Crippen LogP contribution in [0.1, 0.15) is 44.4 Å². The van der Waals surface area contributed by atoms with Crippen LogP contribution in [0.4, 0.5) is 0 Å². The molecule has 1 aliphatic rings.